The summed E-state index contributed by atoms with van der Waals surface area (Å²) in [5, 5.41) is 0.504. The summed E-state index contributed by atoms with van der Waals surface area (Å²) >= 11 is 3.52. The minimum atomic E-state index is -0.500. The van der Waals surface area contributed by atoms with Crippen LogP contribution in [-0.4, -0.2) is 20.3 Å². The highest BCUT2D eigenvalue weighted by Gasteiger charge is 2.34. The summed E-state index contributed by atoms with van der Waals surface area (Å²) in [6, 6.07) is 11.5. The standard InChI is InChI=1S/C21H18BrN3O4/c1-23-17-15(20(26)24(2)21(23)27)16(12-5-3-6-13(22)11-12)25-8-10-29-19(18(17)25)14-7-4-9-28-14/h3-7,9,11,19H,8,10H2,1-2H3. The van der Waals surface area contributed by atoms with Gasteiger partial charge in [-0.05, 0) is 24.3 Å². The van der Waals surface area contributed by atoms with E-state index in [1.165, 1.54) is 11.6 Å². The molecule has 0 saturated heterocycles. The van der Waals surface area contributed by atoms with Crippen LogP contribution < -0.4 is 11.2 Å². The number of rotatable bonds is 2. The Balaban J connectivity index is 1.99. The van der Waals surface area contributed by atoms with E-state index in [1.807, 2.05) is 30.3 Å². The highest BCUT2D eigenvalue weighted by molar-refractivity contribution is 9.10. The van der Waals surface area contributed by atoms with E-state index in [-0.39, 0.29) is 11.2 Å². The van der Waals surface area contributed by atoms with Crippen molar-refractivity contribution in [2.75, 3.05) is 6.61 Å². The number of benzene rings is 1. The van der Waals surface area contributed by atoms with Crippen molar-refractivity contribution < 1.29 is 9.15 Å². The zero-order chi connectivity index (χ0) is 20.3. The van der Waals surface area contributed by atoms with Crippen LogP contribution in [0.1, 0.15) is 17.6 Å². The summed E-state index contributed by atoms with van der Waals surface area (Å²) in [6.45, 7) is 1.04. The molecule has 0 amide bonds. The molecule has 1 aliphatic rings. The molecule has 8 heteroatoms. The van der Waals surface area contributed by atoms with Crippen LogP contribution in [0, 0.1) is 0 Å². The first kappa shape index (κ1) is 18.2. The molecule has 1 atom stereocenters. The topological polar surface area (TPSA) is 71.3 Å². The highest BCUT2D eigenvalue weighted by atomic mass is 79.9. The molecule has 3 aromatic heterocycles. The van der Waals surface area contributed by atoms with Crippen LogP contribution in [0.3, 0.4) is 0 Å². The van der Waals surface area contributed by atoms with E-state index in [9.17, 15) is 9.59 Å². The summed E-state index contributed by atoms with van der Waals surface area (Å²) in [7, 11) is 3.19. The van der Waals surface area contributed by atoms with Gasteiger partial charge in [-0.3, -0.25) is 13.9 Å². The zero-order valence-electron chi connectivity index (χ0n) is 15.9. The fourth-order valence-corrected chi connectivity index (χ4v) is 4.57. The summed E-state index contributed by atoms with van der Waals surface area (Å²) in [4.78, 5) is 26.0. The third kappa shape index (κ3) is 2.59. The van der Waals surface area contributed by atoms with Gasteiger partial charge in [0.25, 0.3) is 5.56 Å². The average molecular weight is 456 g/mol. The van der Waals surface area contributed by atoms with E-state index >= 15 is 0 Å². The molecule has 0 N–H and O–H groups in total. The first-order valence-electron chi connectivity index (χ1n) is 9.22. The zero-order valence-corrected chi connectivity index (χ0v) is 17.5. The average Bonchev–Trinajstić information content (AvgIpc) is 3.36. The number of aryl methyl sites for hydroxylation is 1. The third-order valence-electron chi connectivity index (χ3n) is 5.45. The van der Waals surface area contributed by atoms with E-state index in [4.69, 9.17) is 9.15 Å². The molecule has 1 aliphatic heterocycles. The lowest BCUT2D eigenvalue weighted by molar-refractivity contribution is 0.0347. The quantitative estimate of drug-likeness (QED) is 0.465. The SMILES string of the molecule is Cn1c(=O)c2c(-c3cccc(Br)c3)n3c(c2n(C)c1=O)C(c1ccco1)OCC3. The van der Waals surface area contributed by atoms with Gasteiger partial charge in [0.15, 0.2) is 6.10 Å². The van der Waals surface area contributed by atoms with E-state index in [1.54, 1.807) is 19.4 Å². The molecular formula is C21H18BrN3O4. The maximum absolute atomic E-state index is 13.3. The van der Waals surface area contributed by atoms with E-state index in [0.717, 1.165) is 26.0 Å². The summed E-state index contributed by atoms with van der Waals surface area (Å²) in [5.41, 5.74) is 2.32. The minimum absolute atomic E-state index is 0.321. The number of aromatic nitrogens is 3. The maximum Gasteiger partial charge on any atom is 0.331 e. The second-order valence-electron chi connectivity index (χ2n) is 7.09. The number of halogens is 1. The molecule has 5 rings (SSSR count). The van der Waals surface area contributed by atoms with Crippen LogP contribution in [0.5, 0.6) is 0 Å². The summed E-state index contributed by atoms with van der Waals surface area (Å²) in [6.07, 6.45) is 1.09. The van der Waals surface area contributed by atoms with E-state index in [2.05, 4.69) is 20.5 Å². The molecule has 7 nitrogen and oxygen atoms in total. The second-order valence-corrected chi connectivity index (χ2v) is 8.01. The molecule has 0 saturated carbocycles. The van der Waals surface area contributed by atoms with Crippen molar-refractivity contribution in [3.63, 3.8) is 0 Å². The lowest BCUT2D eigenvalue weighted by Crippen LogP contribution is -2.37. The van der Waals surface area contributed by atoms with Gasteiger partial charge < -0.3 is 13.7 Å². The molecule has 0 bridgehead atoms. The van der Waals surface area contributed by atoms with Crippen molar-refractivity contribution in [2.24, 2.45) is 14.1 Å². The Labute approximate surface area is 173 Å². The fourth-order valence-electron chi connectivity index (χ4n) is 4.17. The Morgan fingerprint density at radius 3 is 2.66 bits per heavy atom. The van der Waals surface area contributed by atoms with Gasteiger partial charge in [0.05, 0.1) is 35.2 Å². The maximum atomic E-state index is 13.3. The van der Waals surface area contributed by atoms with Gasteiger partial charge in [-0.2, -0.15) is 0 Å². The van der Waals surface area contributed by atoms with Crippen LogP contribution in [0.15, 0.2) is 61.1 Å². The van der Waals surface area contributed by atoms with Crippen molar-refractivity contribution >= 4 is 26.8 Å². The van der Waals surface area contributed by atoms with Crippen molar-refractivity contribution in [3.8, 4) is 11.3 Å². The van der Waals surface area contributed by atoms with Crippen LogP contribution in [-0.2, 0) is 25.4 Å². The Morgan fingerprint density at radius 1 is 1.10 bits per heavy atom. The predicted molar refractivity (Wildman–Crippen MR) is 112 cm³/mol. The van der Waals surface area contributed by atoms with Gasteiger partial charge in [0, 0.05) is 30.7 Å². The highest BCUT2D eigenvalue weighted by Crippen LogP contribution is 2.40. The van der Waals surface area contributed by atoms with Crippen LogP contribution in [0.25, 0.3) is 22.2 Å². The van der Waals surface area contributed by atoms with Crippen LogP contribution in [0.4, 0.5) is 0 Å². The fraction of sp³-hybridized carbons (Fsp3) is 0.238. The molecule has 0 radical (unpaired) electrons. The predicted octanol–water partition coefficient (Wildman–Crippen LogP) is 3.18. The van der Waals surface area contributed by atoms with Crippen molar-refractivity contribution in [1.82, 2.24) is 13.7 Å². The van der Waals surface area contributed by atoms with Gasteiger partial charge in [-0.1, -0.05) is 28.1 Å². The molecule has 0 fully saturated rings. The Morgan fingerprint density at radius 2 is 1.93 bits per heavy atom. The Kier molecular flexibility index (Phi) is 4.15. The molecule has 0 aliphatic carbocycles. The normalized spacial score (nSPS) is 16.3. The first-order valence-corrected chi connectivity index (χ1v) is 10.0. The van der Waals surface area contributed by atoms with Gasteiger partial charge in [0.2, 0.25) is 0 Å². The summed E-state index contributed by atoms with van der Waals surface area (Å²) < 4.78 is 17.3. The number of hydrogen-bond donors (Lipinski definition) is 0. The van der Waals surface area contributed by atoms with E-state index < -0.39 is 6.10 Å². The van der Waals surface area contributed by atoms with Crippen LogP contribution >= 0.6 is 15.9 Å². The van der Waals surface area contributed by atoms with Gasteiger partial charge in [-0.25, -0.2) is 4.79 Å². The van der Waals surface area contributed by atoms with Gasteiger partial charge in [0.1, 0.15) is 5.76 Å². The van der Waals surface area contributed by atoms with E-state index in [0.29, 0.717) is 29.8 Å². The molecule has 1 aromatic carbocycles. The lowest BCUT2D eigenvalue weighted by Gasteiger charge is -2.26. The third-order valence-corrected chi connectivity index (χ3v) is 5.95. The van der Waals surface area contributed by atoms with Crippen molar-refractivity contribution in [1.29, 1.82) is 0 Å². The van der Waals surface area contributed by atoms with Gasteiger partial charge >= 0.3 is 5.69 Å². The smallest absolute Gasteiger partial charge is 0.331 e. The number of hydrogen-bond acceptors (Lipinski definition) is 4. The molecule has 0 spiro atoms. The first-order chi connectivity index (χ1) is 14.0. The molecule has 1 unspecified atom stereocenters. The van der Waals surface area contributed by atoms with Crippen molar-refractivity contribution in [3.05, 3.63) is 79.4 Å². The Bertz CT molecular complexity index is 1360. The number of fused-ring (bicyclic) bond motifs is 3. The molecule has 148 valence electrons. The minimum Gasteiger partial charge on any atom is -0.466 e. The van der Waals surface area contributed by atoms with Crippen LogP contribution in [0.2, 0.25) is 0 Å². The summed E-state index contributed by atoms with van der Waals surface area (Å²) in [5.74, 6) is 0.638. The molecule has 4 heterocycles. The second kappa shape index (κ2) is 6.60. The van der Waals surface area contributed by atoms with Crippen molar-refractivity contribution in [2.45, 2.75) is 12.6 Å². The number of nitrogens with zero attached hydrogens (tertiary/aromatic N) is 3. The monoisotopic (exact) mass is 455 g/mol. The lowest BCUT2D eigenvalue weighted by atomic mass is 10.1. The molecule has 29 heavy (non-hydrogen) atoms. The number of furan rings is 1. The van der Waals surface area contributed by atoms with Gasteiger partial charge in [-0.15, -0.1) is 0 Å². The largest absolute Gasteiger partial charge is 0.466 e. The molecule has 4 aromatic rings. The number of ether oxygens (including phenoxy) is 1. The molecular weight excluding hydrogens is 438 g/mol. The Hall–Kier alpha value is -2.84.